The van der Waals surface area contributed by atoms with E-state index in [9.17, 15) is 0 Å². The number of aliphatic hydroxyl groups excluding tert-OH is 1. The Morgan fingerprint density at radius 2 is 1.43 bits per heavy atom. The van der Waals surface area contributed by atoms with Crippen LogP contribution in [0.4, 0.5) is 0 Å². The summed E-state index contributed by atoms with van der Waals surface area (Å²) in [6, 6.07) is 0. The molecule has 0 fully saturated rings. The lowest BCUT2D eigenvalue weighted by Gasteiger charge is -1.52. The maximum atomic E-state index is 8.00. The zero-order valence-electron chi connectivity index (χ0n) is 5.27. The highest BCUT2D eigenvalue weighted by molar-refractivity contribution is 5.10. The van der Waals surface area contributed by atoms with Gasteiger partial charge in [0, 0.05) is 6.61 Å². The largest absolute Gasteiger partial charge is 0.397 e. The van der Waals surface area contributed by atoms with Crippen molar-refractivity contribution in [2.45, 2.75) is 20.8 Å². The lowest BCUT2D eigenvalue weighted by atomic mass is 10.9. The summed E-state index contributed by atoms with van der Waals surface area (Å²) in [5.41, 5.74) is 0. The lowest BCUT2D eigenvalue weighted by molar-refractivity contribution is -0.0979. The van der Waals surface area contributed by atoms with Gasteiger partial charge >= 0.3 is 0 Å². The van der Waals surface area contributed by atoms with Crippen LogP contribution >= 0.6 is 0 Å². The van der Waals surface area contributed by atoms with E-state index in [1.807, 2.05) is 20.6 Å². The van der Waals surface area contributed by atoms with Crippen LogP contribution in [0.1, 0.15) is 20.8 Å². The fraction of sp³-hybridized carbons (Fsp3) is 0.800. The minimum atomic E-state index is 0.250. The summed E-state index contributed by atoms with van der Waals surface area (Å²) in [4.78, 5) is 8.00. The first kappa shape index (κ1) is 15.9. The summed E-state index contributed by atoms with van der Waals surface area (Å²) in [7, 11) is 0. The van der Waals surface area contributed by atoms with Gasteiger partial charge in [0.1, 0.15) is 6.79 Å². The van der Waals surface area contributed by atoms with Crippen LogP contribution in [0.3, 0.4) is 0 Å². The molecule has 0 atom stereocenters. The third-order valence-electron chi connectivity index (χ3n) is 0. The van der Waals surface area contributed by atoms with Crippen molar-refractivity contribution in [2.24, 2.45) is 0 Å². The molecule has 0 radical (unpaired) electrons. The fourth-order valence-corrected chi connectivity index (χ4v) is 0. The van der Waals surface area contributed by atoms with E-state index in [1.165, 1.54) is 0 Å². The molecule has 46 valence electrons. The molecule has 0 aliphatic rings. The first-order valence-corrected chi connectivity index (χ1v) is 2.31. The highest BCUT2D eigenvalue weighted by atomic mass is 16.2. The van der Waals surface area contributed by atoms with Crippen molar-refractivity contribution < 1.29 is 9.90 Å². The van der Waals surface area contributed by atoms with Crippen molar-refractivity contribution in [2.75, 3.05) is 6.61 Å². The van der Waals surface area contributed by atoms with Crippen LogP contribution in [0.5, 0.6) is 0 Å². The number of aliphatic hydroxyl groups is 1. The van der Waals surface area contributed by atoms with Crippen molar-refractivity contribution in [1.82, 2.24) is 0 Å². The maximum absolute atomic E-state index is 8.00. The van der Waals surface area contributed by atoms with Crippen LogP contribution in [0, 0.1) is 0 Å². The predicted molar refractivity (Wildman–Crippen MR) is 31.2 cm³/mol. The number of hydrogen-bond donors (Lipinski definition) is 1. The summed E-state index contributed by atoms with van der Waals surface area (Å²) in [5, 5.41) is 7.57. The molecule has 2 heteroatoms. The molecule has 0 aromatic heterocycles. The number of rotatable bonds is 0. The molecule has 0 spiro atoms. The Morgan fingerprint density at radius 1 is 1.43 bits per heavy atom. The second-order valence-corrected chi connectivity index (χ2v) is 0.316. The van der Waals surface area contributed by atoms with Crippen LogP contribution in [0.25, 0.3) is 0 Å². The monoisotopic (exact) mass is 106 g/mol. The minimum Gasteiger partial charge on any atom is -0.397 e. The van der Waals surface area contributed by atoms with Gasteiger partial charge in [0.15, 0.2) is 0 Å². The van der Waals surface area contributed by atoms with E-state index in [2.05, 4.69) is 0 Å². The van der Waals surface area contributed by atoms with Crippen molar-refractivity contribution in [1.29, 1.82) is 0 Å². The summed E-state index contributed by atoms with van der Waals surface area (Å²) >= 11 is 0. The summed E-state index contributed by atoms with van der Waals surface area (Å²) in [5.74, 6) is 0. The van der Waals surface area contributed by atoms with Gasteiger partial charge in [-0.05, 0) is 6.92 Å². The molecule has 0 aromatic rings. The Bertz CT molecular complexity index is 10.0. The number of hydrogen-bond acceptors (Lipinski definition) is 2. The number of carbonyl (C=O) groups is 1. The molecule has 0 unspecified atom stereocenters. The number of carbonyl (C=O) groups excluding carboxylic acids is 1. The van der Waals surface area contributed by atoms with E-state index in [0.29, 0.717) is 0 Å². The Kier molecular flexibility index (Phi) is 693. The maximum Gasteiger partial charge on any atom is 0.106 e. The Hall–Kier alpha value is -0.370. The molecule has 0 saturated carbocycles. The summed E-state index contributed by atoms with van der Waals surface area (Å²) < 4.78 is 0. The normalized spacial score (nSPS) is 4.00. The molecule has 0 rings (SSSR count). The molecule has 0 aromatic carbocycles. The van der Waals surface area contributed by atoms with Gasteiger partial charge in [-0.25, -0.2) is 0 Å². The van der Waals surface area contributed by atoms with Crippen LogP contribution in [0.15, 0.2) is 0 Å². The van der Waals surface area contributed by atoms with Gasteiger partial charge in [-0.3, -0.25) is 0 Å². The average Bonchev–Trinajstić information content (AvgIpc) is 1.78. The molecule has 0 aliphatic heterocycles. The zero-order valence-corrected chi connectivity index (χ0v) is 5.27. The molecule has 0 saturated heterocycles. The Labute approximate surface area is 45.2 Å². The minimum absolute atomic E-state index is 0.250. The van der Waals surface area contributed by atoms with E-state index < -0.39 is 0 Å². The zero-order chi connectivity index (χ0) is 6.71. The van der Waals surface area contributed by atoms with Gasteiger partial charge in [0.05, 0.1) is 0 Å². The van der Waals surface area contributed by atoms with Gasteiger partial charge in [-0.15, -0.1) is 0 Å². The van der Waals surface area contributed by atoms with Gasteiger partial charge in [-0.2, -0.15) is 0 Å². The van der Waals surface area contributed by atoms with E-state index in [0.717, 1.165) is 0 Å². The van der Waals surface area contributed by atoms with Gasteiger partial charge in [0.25, 0.3) is 0 Å². The highest BCUT2D eigenvalue weighted by Gasteiger charge is 1.34. The van der Waals surface area contributed by atoms with Crippen molar-refractivity contribution >= 4 is 6.79 Å². The van der Waals surface area contributed by atoms with Gasteiger partial charge < -0.3 is 9.90 Å². The molecule has 0 heterocycles. The summed E-state index contributed by atoms with van der Waals surface area (Å²) in [6.07, 6.45) is 0. The molecule has 0 bridgehead atoms. The molecular formula is C5H14O2. The molecule has 1 N–H and O–H groups in total. The lowest BCUT2D eigenvalue weighted by Crippen LogP contribution is -1.57. The van der Waals surface area contributed by atoms with Crippen LogP contribution in [0.2, 0.25) is 0 Å². The van der Waals surface area contributed by atoms with E-state index >= 15 is 0 Å². The third-order valence-corrected chi connectivity index (χ3v) is 0. The van der Waals surface area contributed by atoms with Crippen LogP contribution < -0.4 is 0 Å². The quantitative estimate of drug-likeness (QED) is 0.497. The van der Waals surface area contributed by atoms with Crippen LogP contribution in [-0.2, 0) is 4.79 Å². The molecule has 0 amide bonds. The molecule has 2 nitrogen and oxygen atoms in total. The smallest absolute Gasteiger partial charge is 0.106 e. The van der Waals surface area contributed by atoms with Crippen molar-refractivity contribution in [3.8, 4) is 0 Å². The van der Waals surface area contributed by atoms with E-state index in [-0.39, 0.29) is 6.61 Å². The Balaban J connectivity index is -0.0000000360. The predicted octanol–water partition coefficient (Wildman–Crippen LogP) is 0.840. The van der Waals surface area contributed by atoms with Gasteiger partial charge in [-0.1, -0.05) is 13.8 Å². The first-order chi connectivity index (χ1) is 3.41. The molecule has 7 heavy (non-hydrogen) atoms. The van der Waals surface area contributed by atoms with Crippen molar-refractivity contribution in [3.05, 3.63) is 0 Å². The first-order valence-electron chi connectivity index (χ1n) is 2.31. The van der Waals surface area contributed by atoms with Gasteiger partial charge in [0.2, 0.25) is 0 Å². The Morgan fingerprint density at radius 3 is 1.43 bits per heavy atom. The van der Waals surface area contributed by atoms with E-state index in [4.69, 9.17) is 9.90 Å². The fourth-order valence-electron chi connectivity index (χ4n) is 0. The second kappa shape index (κ2) is 304. The average molecular weight is 106 g/mol. The summed E-state index contributed by atoms with van der Waals surface area (Å²) in [6.45, 7) is 7.93. The second-order valence-electron chi connectivity index (χ2n) is 0.316. The SMILES string of the molecule is C=O.CC.CCO. The van der Waals surface area contributed by atoms with E-state index in [1.54, 1.807) is 6.92 Å². The van der Waals surface area contributed by atoms with Crippen LogP contribution in [-0.4, -0.2) is 18.5 Å². The highest BCUT2D eigenvalue weighted by Crippen LogP contribution is 1.30. The third kappa shape index (κ3) is 542. The topological polar surface area (TPSA) is 37.3 Å². The molecule has 0 aliphatic carbocycles. The standard InChI is InChI=1S/C2H6O.C2H6.CH2O/c1-2-3;2*1-2/h3H,2H2,1H3;1-2H3;1H2. The van der Waals surface area contributed by atoms with Crippen molar-refractivity contribution in [3.63, 3.8) is 0 Å². The molecular weight excluding hydrogens is 92.1 g/mol.